The first kappa shape index (κ1) is 18.7. The Hall–Kier alpha value is -2.66. The molecule has 0 saturated heterocycles. The molecule has 0 saturated carbocycles. The number of hydrogen-bond acceptors (Lipinski definition) is 3. The fourth-order valence-electron chi connectivity index (χ4n) is 2.47. The molecule has 2 amide bonds. The molecule has 132 valence electrons. The van der Waals surface area contributed by atoms with Crippen molar-refractivity contribution in [1.82, 2.24) is 10.2 Å². The molecule has 2 N–H and O–H groups in total. The predicted molar refractivity (Wildman–Crippen MR) is 100 cm³/mol. The summed E-state index contributed by atoms with van der Waals surface area (Å²) in [6.45, 7) is 4.87. The van der Waals surface area contributed by atoms with Gasteiger partial charge in [0.15, 0.2) is 0 Å². The van der Waals surface area contributed by atoms with Gasteiger partial charge in [-0.1, -0.05) is 30.3 Å². The molecule has 0 bridgehead atoms. The smallest absolute Gasteiger partial charge is 0.255 e. The number of nitrogens with zero attached hydrogens (tertiary/aromatic N) is 1. The lowest BCUT2D eigenvalue weighted by atomic mass is 10.1. The number of likely N-dealkylation sites (N-methyl/N-ethyl adjacent to an activating group) is 1. The summed E-state index contributed by atoms with van der Waals surface area (Å²) in [4.78, 5) is 25.9. The maximum absolute atomic E-state index is 12.2. The van der Waals surface area contributed by atoms with E-state index < -0.39 is 0 Å². The number of benzene rings is 2. The topological polar surface area (TPSA) is 61.4 Å². The van der Waals surface area contributed by atoms with Crippen molar-refractivity contribution in [1.29, 1.82) is 0 Å². The van der Waals surface area contributed by atoms with Gasteiger partial charge in [0.05, 0.1) is 6.54 Å². The van der Waals surface area contributed by atoms with Crippen molar-refractivity contribution >= 4 is 17.5 Å². The highest BCUT2D eigenvalue weighted by Crippen LogP contribution is 2.11. The summed E-state index contributed by atoms with van der Waals surface area (Å²) in [7, 11) is 1.90. The Morgan fingerprint density at radius 3 is 2.24 bits per heavy atom. The minimum Gasteiger partial charge on any atom is -0.353 e. The highest BCUT2D eigenvalue weighted by molar-refractivity contribution is 6.04. The number of rotatable bonds is 7. The van der Waals surface area contributed by atoms with Crippen LogP contribution >= 0.6 is 0 Å². The molecule has 0 fully saturated rings. The van der Waals surface area contributed by atoms with Gasteiger partial charge in [0.1, 0.15) is 0 Å². The number of hydrogen-bond donors (Lipinski definition) is 2. The lowest BCUT2D eigenvalue weighted by Gasteiger charge is -2.17. The lowest BCUT2D eigenvalue weighted by molar-refractivity contribution is -0.122. The second-order valence-electron chi connectivity index (χ2n) is 6.41. The SMILES string of the molecule is CC(C)NC(=O)CN(C)Cc1ccc(C(=O)Nc2ccccc2)cc1. The molecular weight excluding hydrogens is 314 g/mol. The second-order valence-corrected chi connectivity index (χ2v) is 6.41. The molecule has 0 unspecified atom stereocenters. The number of para-hydroxylation sites is 1. The largest absolute Gasteiger partial charge is 0.353 e. The number of nitrogens with one attached hydrogen (secondary N) is 2. The highest BCUT2D eigenvalue weighted by atomic mass is 16.2. The molecule has 2 aromatic carbocycles. The van der Waals surface area contributed by atoms with Crippen LogP contribution in [0.1, 0.15) is 29.8 Å². The first-order valence-corrected chi connectivity index (χ1v) is 8.37. The van der Waals surface area contributed by atoms with E-state index in [0.717, 1.165) is 11.3 Å². The number of amides is 2. The standard InChI is InChI=1S/C20H25N3O2/c1-15(2)21-19(24)14-23(3)13-16-9-11-17(12-10-16)20(25)22-18-7-5-4-6-8-18/h4-12,15H,13-14H2,1-3H3,(H,21,24)(H,22,25). The van der Waals surface area contributed by atoms with Crippen LogP contribution in [0.4, 0.5) is 5.69 Å². The zero-order valence-corrected chi connectivity index (χ0v) is 15.0. The average Bonchev–Trinajstić information content (AvgIpc) is 2.55. The van der Waals surface area contributed by atoms with Crippen LogP contribution in [0, 0.1) is 0 Å². The van der Waals surface area contributed by atoms with Gasteiger partial charge in [-0.3, -0.25) is 14.5 Å². The minimum absolute atomic E-state index is 0.0105. The summed E-state index contributed by atoms with van der Waals surface area (Å²) in [5.41, 5.74) is 2.43. The summed E-state index contributed by atoms with van der Waals surface area (Å²) >= 11 is 0. The number of carbonyl (C=O) groups excluding carboxylic acids is 2. The van der Waals surface area contributed by atoms with Crippen LogP contribution in [0.15, 0.2) is 54.6 Å². The van der Waals surface area contributed by atoms with Crippen molar-refractivity contribution in [2.45, 2.75) is 26.4 Å². The fraction of sp³-hybridized carbons (Fsp3) is 0.300. The van der Waals surface area contributed by atoms with Gasteiger partial charge >= 0.3 is 0 Å². The summed E-state index contributed by atoms with van der Waals surface area (Å²) in [5, 5.41) is 5.73. The molecule has 0 aliphatic carbocycles. The van der Waals surface area contributed by atoms with Gasteiger partial charge in [-0.15, -0.1) is 0 Å². The van der Waals surface area contributed by atoms with Crippen molar-refractivity contribution in [3.8, 4) is 0 Å². The van der Waals surface area contributed by atoms with E-state index in [1.54, 1.807) is 12.1 Å². The van der Waals surface area contributed by atoms with E-state index in [1.165, 1.54) is 0 Å². The van der Waals surface area contributed by atoms with E-state index in [-0.39, 0.29) is 17.9 Å². The van der Waals surface area contributed by atoms with Crippen molar-refractivity contribution < 1.29 is 9.59 Å². The van der Waals surface area contributed by atoms with Crippen LogP contribution in [-0.4, -0.2) is 36.3 Å². The van der Waals surface area contributed by atoms with Crippen molar-refractivity contribution in [2.24, 2.45) is 0 Å². The van der Waals surface area contributed by atoms with Crippen LogP contribution < -0.4 is 10.6 Å². The Bertz CT molecular complexity index is 697. The lowest BCUT2D eigenvalue weighted by Crippen LogP contribution is -2.38. The highest BCUT2D eigenvalue weighted by Gasteiger charge is 2.09. The summed E-state index contributed by atoms with van der Waals surface area (Å²) in [5.74, 6) is -0.126. The van der Waals surface area contributed by atoms with Gasteiger partial charge < -0.3 is 10.6 Å². The Kier molecular flexibility index (Phi) is 6.71. The van der Waals surface area contributed by atoms with E-state index in [9.17, 15) is 9.59 Å². The molecule has 25 heavy (non-hydrogen) atoms. The first-order chi connectivity index (χ1) is 11.9. The molecule has 2 rings (SSSR count). The monoisotopic (exact) mass is 339 g/mol. The summed E-state index contributed by atoms with van der Waals surface area (Å²) in [6.07, 6.45) is 0. The molecule has 0 heterocycles. The third kappa shape index (κ3) is 6.39. The average molecular weight is 339 g/mol. The Morgan fingerprint density at radius 1 is 1.00 bits per heavy atom. The van der Waals surface area contributed by atoms with Crippen molar-refractivity contribution in [3.05, 3.63) is 65.7 Å². The Labute approximate surface area is 149 Å². The van der Waals surface area contributed by atoms with Gasteiger partial charge in [0, 0.05) is 23.8 Å². The van der Waals surface area contributed by atoms with Gasteiger partial charge in [0.25, 0.3) is 5.91 Å². The van der Waals surface area contributed by atoms with Gasteiger partial charge in [-0.2, -0.15) is 0 Å². The van der Waals surface area contributed by atoms with Crippen LogP contribution in [0.2, 0.25) is 0 Å². The van der Waals surface area contributed by atoms with Crippen molar-refractivity contribution in [3.63, 3.8) is 0 Å². The Balaban J connectivity index is 1.88. The van der Waals surface area contributed by atoms with E-state index in [4.69, 9.17) is 0 Å². The molecule has 5 nitrogen and oxygen atoms in total. The molecule has 5 heteroatoms. The number of anilines is 1. The van der Waals surface area contributed by atoms with E-state index in [1.807, 2.05) is 68.3 Å². The third-order valence-electron chi connectivity index (χ3n) is 3.56. The van der Waals surface area contributed by atoms with Crippen LogP contribution in [0.5, 0.6) is 0 Å². The van der Waals surface area contributed by atoms with Gasteiger partial charge in [-0.05, 0) is 50.7 Å². The van der Waals surface area contributed by atoms with E-state index >= 15 is 0 Å². The molecule has 0 atom stereocenters. The molecule has 0 radical (unpaired) electrons. The molecule has 0 aromatic heterocycles. The van der Waals surface area contributed by atoms with Crippen LogP contribution in [0.25, 0.3) is 0 Å². The summed E-state index contributed by atoms with van der Waals surface area (Å²) < 4.78 is 0. The Morgan fingerprint density at radius 2 is 1.64 bits per heavy atom. The van der Waals surface area contributed by atoms with Gasteiger partial charge in [-0.25, -0.2) is 0 Å². The quantitative estimate of drug-likeness (QED) is 0.815. The zero-order valence-electron chi connectivity index (χ0n) is 15.0. The predicted octanol–water partition coefficient (Wildman–Crippen LogP) is 2.90. The maximum Gasteiger partial charge on any atom is 0.255 e. The molecule has 0 aliphatic rings. The normalized spacial score (nSPS) is 10.8. The first-order valence-electron chi connectivity index (χ1n) is 8.37. The zero-order chi connectivity index (χ0) is 18.2. The third-order valence-corrected chi connectivity index (χ3v) is 3.56. The molecule has 0 spiro atoms. The molecule has 2 aromatic rings. The summed E-state index contributed by atoms with van der Waals surface area (Å²) in [6, 6.07) is 16.9. The van der Waals surface area contributed by atoms with Gasteiger partial charge in [0.2, 0.25) is 5.91 Å². The van der Waals surface area contributed by atoms with E-state index in [2.05, 4.69) is 10.6 Å². The van der Waals surface area contributed by atoms with Crippen molar-refractivity contribution in [2.75, 3.05) is 18.9 Å². The van der Waals surface area contributed by atoms with Crippen LogP contribution in [0.3, 0.4) is 0 Å². The minimum atomic E-state index is -0.137. The van der Waals surface area contributed by atoms with E-state index in [0.29, 0.717) is 18.7 Å². The maximum atomic E-state index is 12.2. The van der Waals surface area contributed by atoms with Crippen LogP contribution in [-0.2, 0) is 11.3 Å². The fourth-order valence-corrected chi connectivity index (χ4v) is 2.47. The molecular formula is C20H25N3O2. The molecule has 0 aliphatic heterocycles. The number of carbonyl (C=O) groups is 2. The second kappa shape index (κ2) is 8.99.